The van der Waals surface area contributed by atoms with E-state index in [4.69, 9.17) is 10.2 Å². The van der Waals surface area contributed by atoms with Gasteiger partial charge in [-0.2, -0.15) is 0 Å². The molecular formula is C17H24N4O4. The number of anilines is 2. The zero-order valence-corrected chi connectivity index (χ0v) is 14.7. The number of hydrogen-bond donors (Lipinski definition) is 2. The third-order valence-corrected chi connectivity index (χ3v) is 3.78. The molecule has 0 spiro atoms. The van der Waals surface area contributed by atoms with Crippen LogP contribution in [-0.4, -0.2) is 22.0 Å². The van der Waals surface area contributed by atoms with Crippen molar-refractivity contribution < 1.29 is 9.21 Å². The summed E-state index contributed by atoms with van der Waals surface area (Å²) in [6, 6.07) is 1.52. The van der Waals surface area contributed by atoms with Gasteiger partial charge in [0, 0.05) is 13.1 Å². The normalized spacial score (nSPS) is 11.0. The van der Waals surface area contributed by atoms with E-state index in [9.17, 15) is 14.4 Å². The molecule has 2 rings (SSSR count). The van der Waals surface area contributed by atoms with Gasteiger partial charge in [-0.3, -0.25) is 19.1 Å². The number of nitrogens with zero attached hydrogens (tertiary/aromatic N) is 2. The summed E-state index contributed by atoms with van der Waals surface area (Å²) < 4.78 is 6.26. The average molecular weight is 348 g/mol. The Bertz CT molecular complexity index is 833. The topological polar surface area (TPSA) is 114 Å². The van der Waals surface area contributed by atoms with Gasteiger partial charge >= 0.3 is 5.69 Å². The minimum absolute atomic E-state index is 0.0000926. The highest BCUT2D eigenvalue weighted by atomic mass is 16.3. The lowest BCUT2D eigenvalue weighted by Crippen LogP contribution is -2.42. The molecule has 25 heavy (non-hydrogen) atoms. The van der Waals surface area contributed by atoms with E-state index in [2.05, 4.69) is 4.98 Å². The second-order valence-corrected chi connectivity index (χ2v) is 6.32. The van der Waals surface area contributed by atoms with Crippen LogP contribution < -0.4 is 21.9 Å². The van der Waals surface area contributed by atoms with E-state index in [1.165, 1.54) is 28.1 Å². The maximum atomic E-state index is 12.8. The summed E-state index contributed by atoms with van der Waals surface area (Å²) in [6.45, 7) is 6.50. The van der Waals surface area contributed by atoms with Gasteiger partial charge in [-0.05, 0) is 18.4 Å². The number of hydrogen-bond acceptors (Lipinski definition) is 5. The molecule has 2 aromatic rings. The highest BCUT2D eigenvalue weighted by Crippen LogP contribution is 2.21. The molecule has 0 aromatic carbocycles. The van der Waals surface area contributed by atoms with Crippen LogP contribution in [0.15, 0.2) is 32.6 Å². The fourth-order valence-electron chi connectivity index (χ4n) is 2.56. The van der Waals surface area contributed by atoms with Gasteiger partial charge in [-0.25, -0.2) is 4.79 Å². The molecule has 0 aliphatic carbocycles. The van der Waals surface area contributed by atoms with Crippen LogP contribution in [0.1, 0.15) is 44.0 Å². The molecule has 0 aliphatic rings. The summed E-state index contributed by atoms with van der Waals surface area (Å²) in [7, 11) is 0. The molecule has 8 heteroatoms. The monoisotopic (exact) mass is 348 g/mol. The van der Waals surface area contributed by atoms with Crippen molar-refractivity contribution in [2.24, 2.45) is 5.92 Å². The Hall–Kier alpha value is -2.77. The summed E-state index contributed by atoms with van der Waals surface area (Å²) >= 11 is 0. The van der Waals surface area contributed by atoms with Crippen LogP contribution in [0.3, 0.4) is 0 Å². The van der Waals surface area contributed by atoms with Gasteiger partial charge in [0.2, 0.25) is 0 Å². The predicted octanol–water partition coefficient (Wildman–Crippen LogP) is 1.81. The van der Waals surface area contributed by atoms with Gasteiger partial charge in [0.15, 0.2) is 5.69 Å². The van der Waals surface area contributed by atoms with Gasteiger partial charge < -0.3 is 15.1 Å². The van der Waals surface area contributed by atoms with Crippen LogP contribution in [0, 0.1) is 5.92 Å². The molecule has 1 amide bonds. The van der Waals surface area contributed by atoms with E-state index in [0.717, 1.165) is 6.42 Å². The van der Waals surface area contributed by atoms with Gasteiger partial charge in [0.25, 0.3) is 11.5 Å². The van der Waals surface area contributed by atoms with Crippen molar-refractivity contribution in [1.82, 2.24) is 9.55 Å². The zero-order valence-electron chi connectivity index (χ0n) is 14.7. The van der Waals surface area contributed by atoms with Gasteiger partial charge in [0.1, 0.15) is 12.1 Å². The van der Waals surface area contributed by atoms with Crippen molar-refractivity contribution in [2.45, 2.75) is 40.2 Å². The van der Waals surface area contributed by atoms with E-state index < -0.39 is 17.2 Å². The molecule has 0 unspecified atom stereocenters. The van der Waals surface area contributed by atoms with Crippen molar-refractivity contribution in [3.05, 3.63) is 45.0 Å². The van der Waals surface area contributed by atoms with Crippen LogP contribution in [-0.2, 0) is 6.54 Å². The SMILES string of the molecule is CCCCN(C(=O)c1ccoc1)c1c(N)n(CC(C)C)c(=O)[nH]c1=O. The Morgan fingerprint density at radius 2 is 2.12 bits per heavy atom. The molecule has 0 aliphatic heterocycles. The number of unbranched alkanes of at least 4 members (excludes halogenated alkanes) is 1. The van der Waals surface area contributed by atoms with Crippen LogP contribution in [0.2, 0.25) is 0 Å². The first-order valence-corrected chi connectivity index (χ1v) is 8.33. The zero-order chi connectivity index (χ0) is 18.6. The molecule has 8 nitrogen and oxygen atoms in total. The molecule has 0 saturated heterocycles. The van der Waals surface area contributed by atoms with Gasteiger partial charge in [-0.15, -0.1) is 0 Å². The second-order valence-electron chi connectivity index (χ2n) is 6.32. The molecular weight excluding hydrogens is 324 g/mol. The summed E-state index contributed by atoms with van der Waals surface area (Å²) in [6.07, 6.45) is 4.22. The minimum Gasteiger partial charge on any atom is -0.472 e. The summed E-state index contributed by atoms with van der Waals surface area (Å²) in [5.74, 6) is -0.253. The third kappa shape index (κ3) is 4.01. The quantitative estimate of drug-likeness (QED) is 0.792. The smallest absolute Gasteiger partial charge is 0.330 e. The molecule has 0 fully saturated rings. The number of carbonyl (C=O) groups is 1. The lowest BCUT2D eigenvalue weighted by molar-refractivity contribution is 0.0985. The first-order valence-electron chi connectivity index (χ1n) is 8.33. The molecule has 136 valence electrons. The van der Waals surface area contributed by atoms with Gasteiger partial charge in [-0.1, -0.05) is 27.2 Å². The van der Waals surface area contributed by atoms with Crippen LogP contribution in [0.25, 0.3) is 0 Å². The minimum atomic E-state index is -0.671. The van der Waals surface area contributed by atoms with E-state index in [1.807, 2.05) is 20.8 Å². The first kappa shape index (κ1) is 18.6. The highest BCUT2D eigenvalue weighted by Gasteiger charge is 2.25. The van der Waals surface area contributed by atoms with Crippen molar-refractivity contribution in [1.29, 1.82) is 0 Å². The first-order chi connectivity index (χ1) is 11.9. The summed E-state index contributed by atoms with van der Waals surface area (Å²) in [4.78, 5) is 40.9. The Morgan fingerprint density at radius 3 is 2.68 bits per heavy atom. The lowest BCUT2D eigenvalue weighted by atomic mass is 10.2. The number of nitrogens with two attached hydrogens (primary N) is 1. The molecule has 2 heterocycles. The van der Waals surface area contributed by atoms with Crippen molar-refractivity contribution >= 4 is 17.4 Å². The van der Waals surface area contributed by atoms with E-state index >= 15 is 0 Å². The van der Waals surface area contributed by atoms with Crippen LogP contribution >= 0.6 is 0 Å². The van der Waals surface area contributed by atoms with Crippen LogP contribution in [0.4, 0.5) is 11.5 Å². The van der Waals surface area contributed by atoms with E-state index in [-0.39, 0.29) is 17.4 Å². The van der Waals surface area contributed by atoms with Gasteiger partial charge in [0.05, 0.1) is 11.8 Å². The number of H-pyrrole nitrogens is 1. The number of aromatic nitrogens is 2. The van der Waals surface area contributed by atoms with Crippen molar-refractivity contribution in [3.8, 4) is 0 Å². The van der Waals surface area contributed by atoms with E-state index in [1.54, 1.807) is 0 Å². The highest BCUT2D eigenvalue weighted by molar-refractivity contribution is 6.07. The number of furan rings is 1. The average Bonchev–Trinajstić information content (AvgIpc) is 3.08. The predicted molar refractivity (Wildman–Crippen MR) is 95.9 cm³/mol. The molecule has 0 bridgehead atoms. The Morgan fingerprint density at radius 1 is 1.40 bits per heavy atom. The number of carbonyl (C=O) groups excluding carboxylic acids is 1. The molecule has 0 atom stereocenters. The maximum absolute atomic E-state index is 12.8. The Labute approximate surface area is 145 Å². The maximum Gasteiger partial charge on any atom is 0.330 e. The molecule has 3 N–H and O–H groups in total. The standard InChI is InChI=1S/C17H24N4O4/c1-4-5-7-20(16(23)12-6-8-25-10-12)13-14(18)21(9-11(2)3)17(24)19-15(13)22/h6,8,10-11H,4-5,7,9,18H2,1-3H3,(H,19,22,24). The Balaban J connectivity index is 2.58. The number of nitrogens with one attached hydrogen (secondary N) is 1. The fourth-order valence-corrected chi connectivity index (χ4v) is 2.56. The molecule has 0 radical (unpaired) electrons. The third-order valence-electron chi connectivity index (χ3n) is 3.78. The second kappa shape index (κ2) is 7.87. The number of rotatable bonds is 7. The summed E-state index contributed by atoms with van der Waals surface area (Å²) in [5.41, 5.74) is 5.19. The fraction of sp³-hybridized carbons (Fsp3) is 0.471. The number of amides is 1. The van der Waals surface area contributed by atoms with Crippen molar-refractivity contribution in [3.63, 3.8) is 0 Å². The number of nitrogen functional groups attached to an aromatic ring is 1. The van der Waals surface area contributed by atoms with Crippen LogP contribution in [0.5, 0.6) is 0 Å². The summed E-state index contributed by atoms with van der Waals surface area (Å²) in [5, 5.41) is 0. The van der Waals surface area contributed by atoms with Crippen molar-refractivity contribution in [2.75, 3.05) is 17.2 Å². The largest absolute Gasteiger partial charge is 0.472 e. The lowest BCUT2D eigenvalue weighted by Gasteiger charge is -2.24. The number of aromatic amines is 1. The molecule has 2 aromatic heterocycles. The molecule has 0 saturated carbocycles. The Kier molecular flexibility index (Phi) is 5.84. The van der Waals surface area contributed by atoms with E-state index in [0.29, 0.717) is 25.1 Å².